The standard InChI is InChI=1S/C18H19NO2/c1-19-18(20)17-11-16(17)14-7-9-15(10-8-14)21-12-13-5-3-2-4-6-13/h2-10,16-17H,11-12H2,1H3,(H,19,20)/t16-,17+/m0/s1. The molecule has 3 heteroatoms. The fourth-order valence-electron chi connectivity index (χ4n) is 2.59. The molecule has 108 valence electrons. The molecule has 1 aliphatic carbocycles. The third-order valence-corrected chi connectivity index (χ3v) is 3.93. The Labute approximate surface area is 124 Å². The van der Waals surface area contributed by atoms with Crippen molar-refractivity contribution in [1.82, 2.24) is 5.32 Å². The number of carbonyl (C=O) groups is 1. The highest BCUT2D eigenvalue weighted by Crippen LogP contribution is 2.47. The topological polar surface area (TPSA) is 38.3 Å². The molecule has 1 aliphatic rings. The smallest absolute Gasteiger partial charge is 0.223 e. The predicted molar refractivity (Wildman–Crippen MR) is 82.1 cm³/mol. The molecule has 0 radical (unpaired) electrons. The van der Waals surface area contributed by atoms with Gasteiger partial charge in [-0.15, -0.1) is 0 Å². The molecule has 1 fully saturated rings. The van der Waals surface area contributed by atoms with Crippen LogP contribution in [-0.4, -0.2) is 13.0 Å². The van der Waals surface area contributed by atoms with Crippen molar-refractivity contribution in [2.75, 3.05) is 7.05 Å². The van der Waals surface area contributed by atoms with Gasteiger partial charge in [-0.2, -0.15) is 0 Å². The van der Waals surface area contributed by atoms with E-state index in [1.807, 2.05) is 42.5 Å². The maximum Gasteiger partial charge on any atom is 0.223 e. The first-order valence-corrected chi connectivity index (χ1v) is 7.26. The summed E-state index contributed by atoms with van der Waals surface area (Å²) >= 11 is 0. The van der Waals surface area contributed by atoms with Gasteiger partial charge in [0.1, 0.15) is 12.4 Å². The van der Waals surface area contributed by atoms with Gasteiger partial charge in [0.05, 0.1) is 0 Å². The summed E-state index contributed by atoms with van der Waals surface area (Å²) in [4.78, 5) is 11.5. The number of amides is 1. The van der Waals surface area contributed by atoms with Gasteiger partial charge in [0.25, 0.3) is 0 Å². The molecule has 2 aromatic rings. The van der Waals surface area contributed by atoms with Crippen LogP contribution >= 0.6 is 0 Å². The zero-order chi connectivity index (χ0) is 14.7. The molecule has 1 N–H and O–H groups in total. The van der Waals surface area contributed by atoms with E-state index in [-0.39, 0.29) is 11.8 Å². The number of carbonyl (C=O) groups excluding carboxylic acids is 1. The summed E-state index contributed by atoms with van der Waals surface area (Å²) in [5, 5.41) is 2.71. The van der Waals surface area contributed by atoms with Crippen LogP contribution in [0.2, 0.25) is 0 Å². The number of ether oxygens (including phenoxy) is 1. The van der Waals surface area contributed by atoms with Crippen LogP contribution in [0.15, 0.2) is 54.6 Å². The molecule has 2 aromatic carbocycles. The lowest BCUT2D eigenvalue weighted by Crippen LogP contribution is -2.20. The lowest BCUT2D eigenvalue weighted by molar-refractivity contribution is -0.121. The van der Waals surface area contributed by atoms with E-state index in [1.54, 1.807) is 7.05 Å². The van der Waals surface area contributed by atoms with E-state index in [0.29, 0.717) is 12.5 Å². The quantitative estimate of drug-likeness (QED) is 0.914. The number of benzene rings is 2. The molecule has 0 saturated heterocycles. The van der Waals surface area contributed by atoms with Crippen LogP contribution in [0.5, 0.6) is 5.75 Å². The predicted octanol–water partition coefficient (Wildman–Crippen LogP) is 3.12. The maximum absolute atomic E-state index is 11.5. The minimum absolute atomic E-state index is 0.143. The van der Waals surface area contributed by atoms with E-state index in [4.69, 9.17) is 4.74 Å². The van der Waals surface area contributed by atoms with Gasteiger partial charge in [-0.1, -0.05) is 42.5 Å². The van der Waals surface area contributed by atoms with E-state index >= 15 is 0 Å². The van der Waals surface area contributed by atoms with Crippen LogP contribution in [0.25, 0.3) is 0 Å². The second kappa shape index (κ2) is 6.00. The summed E-state index contributed by atoms with van der Waals surface area (Å²) in [5.74, 6) is 1.52. The summed E-state index contributed by atoms with van der Waals surface area (Å²) in [5.41, 5.74) is 2.37. The molecule has 1 amide bonds. The van der Waals surface area contributed by atoms with Crippen LogP contribution < -0.4 is 10.1 Å². The van der Waals surface area contributed by atoms with Gasteiger partial charge in [-0.3, -0.25) is 4.79 Å². The molecule has 1 saturated carbocycles. The SMILES string of the molecule is CNC(=O)[C@@H]1C[C@H]1c1ccc(OCc2ccccc2)cc1. The normalized spacial score (nSPS) is 19.9. The lowest BCUT2D eigenvalue weighted by atomic mass is 10.1. The number of hydrogen-bond donors (Lipinski definition) is 1. The van der Waals surface area contributed by atoms with Crippen molar-refractivity contribution in [3.63, 3.8) is 0 Å². The minimum Gasteiger partial charge on any atom is -0.489 e. The molecule has 0 spiro atoms. The maximum atomic E-state index is 11.5. The van der Waals surface area contributed by atoms with Gasteiger partial charge in [-0.25, -0.2) is 0 Å². The molecule has 0 aromatic heterocycles. The van der Waals surface area contributed by atoms with Crippen molar-refractivity contribution in [3.8, 4) is 5.75 Å². The van der Waals surface area contributed by atoms with Crippen molar-refractivity contribution in [3.05, 3.63) is 65.7 Å². The summed E-state index contributed by atoms with van der Waals surface area (Å²) in [6.45, 7) is 0.574. The van der Waals surface area contributed by atoms with Gasteiger partial charge >= 0.3 is 0 Å². The van der Waals surface area contributed by atoms with Gasteiger partial charge in [0.15, 0.2) is 0 Å². The fraction of sp³-hybridized carbons (Fsp3) is 0.278. The van der Waals surface area contributed by atoms with Gasteiger partial charge in [-0.05, 0) is 35.6 Å². The fourth-order valence-corrected chi connectivity index (χ4v) is 2.59. The van der Waals surface area contributed by atoms with Crippen LogP contribution in [0.1, 0.15) is 23.5 Å². The van der Waals surface area contributed by atoms with Crippen LogP contribution in [0.4, 0.5) is 0 Å². The summed E-state index contributed by atoms with van der Waals surface area (Å²) in [7, 11) is 1.69. The molecule has 3 nitrogen and oxygen atoms in total. The average molecular weight is 281 g/mol. The molecule has 2 atom stereocenters. The Morgan fingerprint density at radius 3 is 2.52 bits per heavy atom. The van der Waals surface area contributed by atoms with Crippen molar-refractivity contribution in [1.29, 1.82) is 0 Å². The van der Waals surface area contributed by atoms with Crippen molar-refractivity contribution in [2.45, 2.75) is 18.9 Å². The van der Waals surface area contributed by atoms with Crippen molar-refractivity contribution >= 4 is 5.91 Å². The molecule has 0 unspecified atom stereocenters. The van der Waals surface area contributed by atoms with Gasteiger partial charge < -0.3 is 10.1 Å². The first kappa shape index (κ1) is 13.7. The average Bonchev–Trinajstić information content (AvgIpc) is 3.34. The largest absolute Gasteiger partial charge is 0.489 e. The van der Waals surface area contributed by atoms with E-state index in [2.05, 4.69) is 17.4 Å². The van der Waals surface area contributed by atoms with Crippen molar-refractivity contribution < 1.29 is 9.53 Å². The molecular formula is C18H19NO2. The Bertz CT molecular complexity index is 607. The number of hydrogen-bond acceptors (Lipinski definition) is 2. The summed E-state index contributed by atoms with van der Waals surface area (Å²) < 4.78 is 5.76. The van der Waals surface area contributed by atoms with E-state index in [0.717, 1.165) is 17.7 Å². The zero-order valence-corrected chi connectivity index (χ0v) is 12.1. The Balaban J connectivity index is 1.57. The first-order chi connectivity index (χ1) is 10.3. The summed E-state index contributed by atoms with van der Waals surface area (Å²) in [6.07, 6.45) is 0.948. The Morgan fingerprint density at radius 1 is 1.14 bits per heavy atom. The highest BCUT2D eigenvalue weighted by atomic mass is 16.5. The Hall–Kier alpha value is -2.29. The van der Waals surface area contributed by atoms with Crippen LogP contribution in [0, 0.1) is 5.92 Å². The first-order valence-electron chi connectivity index (χ1n) is 7.26. The van der Waals surface area contributed by atoms with Crippen LogP contribution in [0.3, 0.4) is 0 Å². The minimum atomic E-state index is 0.143. The molecule has 21 heavy (non-hydrogen) atoms. The molecule has 0 bridgehead atoms. The molecular weight excluding hydrogens is 262 g/mol. The second-order valence-electron chi connectivity index (χ2n) is 5.41. The second-order valence-corrected chi connectivity index (χ2v) is 5.41. The monoisotopic (exact) mass is 281 g/mol. The van der Waals surface area contributed by atoms with Crippen molar-refractivity contribution in [2.24, 2.45) is 5.92 Å². The molecule has 0 heterocycles. The van der Waals surface area contributed by atoms with E-state index < -0.39 is 0 Å². The zero-order valence-electron chi connectivity index (χ0n) is 12.1. The van der Waals surface area contributed by atoms with E-state index in [9.17, 15) is 4.79 Å². The third kappa shape index (κ3) is 3.24. The molecule has 3 rings (SSSR count). The number of nitrogens with one attached hydrogen (secondary N) is 1. The number of rotatable bonds is 5. The third-order valence-electron chi connectivity index (χ3n) is 3.93. The van der Waals surface area contributed by atoms with E-state index in [1.165, 1.54) is 5.56 Å². The summed E-state index contributed by atoms with van der Waals surface area (Å²) in [6, 6.07) is 18.2. The highest BCUT2D eigenvalue weighted by Gasteiger charge is 2.43. The lowest BCUT2D eigenvalue weighted by Gasteiger charge is -2.07. The Morgan fingerprint density at radius 2 is 1.86 bits per heavy atom. The van der Waals surface area contributed by atoms with Gasteiger partial charge in [0, 0.05) is 13.0 Å². The van der Waals surface area contributed by atoms with Gasteiger partial charge in [0.2, 0.25) is 5.91 Å². The van der Waals surface area contributed by atoms with Crippen LogP contribution in [-0.2, 0) is 11.4 Å². The molecule has 0 aliphatic heterocycles. The highest BCUT2D eigenvalue weighted by molar-refractivity contribution is 5.82. The Kier molecular flexibility index (Phi) is 3.91.